The summed E-state index contributed by atoms with van der Waals surface area (Å²) in [5, 5.41) is 2.75. The Morgan fingerprint density at radius 2 is 1.25 bits per heavy atom. The van der Waals surface area contributed by atoms with E-state index in [0.29, 0.717) is 12.0 Å². The van der Waals surface area contributed by atoms with E-state index in [-0.39, 0.29) is 35.4 Å². The topological polar surface area (TPSA) is 46.2 Å². The monoisotopic (exact) mass is 469 g/mol. The number of hydrogen-bond acceptors (Lipinski definition) is 2. The van der Waals surface area contributed by atoms with Crippen LogP contribution in [0.5, 0.6) is 0 Å². The minimum absolute atomic E-state index is 0.101. The molecule has 0 saturated heterocycles. The fourth-order valence-electron chi connectivity index (χ4n) is 3.25. The normalized spacial score (nSPS) is 14.0. The third kappa shape index (κ3) is 7.40. The Hall–Kier alpha value is -2.27. The lowest BCUT2D eigenvalue weighted by Crippen LogP contribution is -2.45. The Labute approximate surface area is 188 Å². The van der Waals surface area contributed by atoms with E-state index in [4.69, 9.17) is 0 Å². The van der Waals surface area contributed by atoms with Crippen molar-refractivity contribution in [2.75, 3.05) is 6.16 Å². The molecule has 174 valence electrons. The van der Waals surface area contributed by atoms with Crippen molar-refractivity contribution in [1.82, 2.24) is 5.32 Å². The summed E-state index contributed by atoms with van der Waals surface area (Å²) in [6.07, 6.45) is 0.641. The van der Waals surface area contributed by atoms with Gasteiger partial charge in [0.2, 0.25) is 5.91 Å². The van der Waals surface area contributed by atoms with Gasteiger partial charge < -0.3 is 5.32 Å². The zero-order valence-electron chi connectivity index (χ0n) is 18.3. The third-order valence-corrected chi connectivity index (χ3v) is 5.66. The number of carbonyl (C=O) groups excluding carboxylic acids is 2. The van der Waals surface area contributed by atoms with Gasteiger partial charge >= 0.3 is 0 Å². The lowest BCUT2D eigenvalue weighted by Gasteiger charge is -2.21. The van der Waals surface area contributed by atoms with E-state index in [1.165, 1.54) is 36.4 Å². The molecule has 0 heterocycles. The first-order chi connectivity index (χ1) is 14.8. The van der Waals surface area contributed by atoms with E-state index >= 15 is 0 Å². The van der Waals surface area contributed by atoms with Crippen LogP contribution < -0.4 is 5.32 Å². The summed E-state index contributed by atoms with van der Waals surface area (Å²) in [5.41, 5.74) is 1.15. The van der Waals surface area contributed by atoms with Crippen LogP contribution in [0.4, 0.5) is 17.6 Å². The predicted octanol–water partition coefficient (Wildman–Crippen LogP) is 5.26. The van der Waals surface area contributed by atoms with Gasteiger partial charge in [-0.3, -0.25) is 9.59 Å². The Morgan fingerprint density at radius 3 is 1.62 bits per heavy atom. The molecule has 0 aromatic heterocycles. The van der Waals surface area contributed by atoms with Crippen molar-refractivity contribution in [2.24, 2.45) is 5.92 Å². The van der Waals surface area contributed by atoms with Crippen molar-refractivity contribution in [3.63, 3.8) is 0 Å². The molecule has 3 atom stereocenters. The molecule has 2 aromatic rings. The van der Waals surface area contributed by atoms with Gasteiger partial charge in [-0.1, -0.05) is 55.5 Å². The summed E-state index contributed by atoms with van der Waals surface area (Å²) in [5.74, 6) is -6.93. The molecule has 0 spiro atoms. The third-order valence-electron chi connectivity index (χ3n) is 5.26. The van der Waals surface area contributed by atoms with Gasteiger partial charge in [0.15, 0.2) is 5.78 Å². The summed E-state index contributed by atoms with van der Waals surface area (Å²) in [6.45, 7) is 3.33. The summed E-state index contributed by atoms with van der Waals surface area (Å²) in [4.78, 5) is 25.1. The number of nitrogens with one attached hydrogen (secondary N) is 1. The largest absolute Gasteiger partial charge is 0.346 e. The quantitative estimate of drug-likeness (QED) is 0.381. The van der Waals surface area contributed by atoms with E-state index < -0.39 is 23.8 Å². The number of benzene rings is 2. The first-order valence-electron chi connectivity index (χ1n) is 10.3. The van der Waals surface area contributed by atoms with Crippen molar-refractivity contribution < 1.29 is 27.2 Å². The highest BCUT2D eigenvalue weighted by atomic mass is 31.0. The van der Waals surface area contributed by atoms with Crippen LogP contribution in [0, 0.1) is 5.92 Å². The predicted molar refractivity (Wildman–Crippen MR) is 120 cm³/mol. The molecule has 1 amide bonds. The van der Waals surface area contributed by atoms with Crippen LogP contribution in [0.3, 0.4) is 0 Å². The number of hydrogen-bond donors (Lipinski definition) is 1. The van der Waals surface area contributed by atoms with Crippen LogP contribution in [0.25, 0.3) is 0 Å². The van der Waals surface area contributed by atoms with E-state index in [9.17, 15) is 27.2 Å². The summed E-state index contributed by atoms with van der Waals surface area (Å²) >= 11 is 0. The SMILES string of the molecule is C[C@@H](Cc1ccc(C(C)(F)F)cc1)C(=O)N[C@@H](Cc1ccc(C(C)(F)F)cc1)C(=O)CP. The Kier molecular flexibility index (Phi) is 8.58. The molecule has 0 aliphatic rings. The Balaban J connectivity index is 2.04. The number of alkyl halides is 4. The fourth-order valence-corrected chi connectivity index (χ4v) is 3.54. The number of ketones is 1. The highest BCUT2D eigenvalue weighted by molar-refractivity contribution is 7.18. The maximum Gasteiger partial charge on any atom is 0.270 e. The molecule has 8 heteroatoms. The van der Waals surface area contributed by atoms with Crippen molar-refractivity contribution in [2.45, 2.75) is 51.5 Å². The van der Waals surface area contributed by atoms with Crippen LogP contribution in [0.15, 0.2) is 48.5 Å². The molecule has 0 aliphatic carbocycles. The second-order valence-electron chi connectivity index (χ2n) is 8.21. The minimum Gasteiger partial charge on any atom is -0.346 e. The van der Waals surface area contributed by atoms with Crippen molar-refractivity contribution in [3.8, 4) is 0 Å². The van der Waals surface area contributed by atoms with E-state index in [1.807, 2.05) is 0 Å². The van der Waals surface area contributed by atoms with Gasteiger partial charge in [0, 0.05) is 37.1 Å². The number of Topliss-reactive ketones (excluding diaryl/α,β-unsaturated/α-hetero) is 1. The van der Waals surface area contributed by atoms with Crippen LogP contribution in [-0.4, -0.2) is 23.9 Å². The smallest absolute Gasteiger partial charge is 0.270 e. The van der Waals surface area contributed by atoms with Crippen molar-refractivity contribution in [1.29, 1.82) is 0 Å². The molecule has 2 rings (SSSR count). The standard InChI is InChI=1S/C24H28F4NO2P/c1-15(12-16-4-8-18(9-5-16)23(2,25)26)22(31)29-20(21(30)14-32)13-17-6-10-19(11-7-17)24(3,27)28/h4-11,15,20H,12-14,32H2,1-3H3,(H,29,31)/t15-,20-/m0/s1. The molecule has 3 nitrogen and oxygen atoms in total. The van der Waals surface area contributed by atoms with Gasteiger partial charge in [-0.2, -0.15) is 0 Å². The molecule has 2 aromatic carbocycles. The molecule has 1 N–H and O–H groups in total. The summed E-state index contributed by atoms with van der Waals surface area (Å²) in [6, 6.07) is 10.7. The fraction of sp³-hybridized carbons (Fsp3) is 0.417. The molecule has 0 bridgehead atoms. The van der Waals surface area contributed by atoms with Gasteiger partial charge in [0.05, 0.1) is 6.04 Å². The molecule has 0 radical (unpaired) electrons. The average molecular weight is 469 g/mol. The first kappa shape index (κ1) is 26.0. The van der Waals surface area contributed by atoms with Gasteiger partial charge in [-0.25, -0.2) is 17.6 Å². The van der Waals surface area contributed by atoms with Gasteiger partial charge in [-0.15, -0.1) is 9.24 Å². The molecular formula is C24H28F4NO2P. The minimum atomic E-state index is -2.96. The van der Waals surface area contributed by atoms with E-state index in [0.717, 1.165) is 19.4 Å². The van der Waals surface area contributed by atoms with Gasteiger partial charge in [0.25, 0.3) is 11.8 Å². The molecule has 0 aliphatic heterocycles. The number of rotatable bonds is 10. The summed E-state index contributed by atoms with van der Waals surface area (Å²) < 4.78 is 53.5. The number of carbonyl (C=O) groups is 2. The van der Waals surface area contributed by atoms with Crippen molar-refractivity contribution in [3.05, 3.63) is 70.8 Å². The molecule has 0 saturated carbocycles. The second kappa shape index (κ2) is 10.6. The van der Waals surface area contributed by atoms with E-state index in [2.05, 4.69) is 14.6 Å². The highest BCUT2D eigenvalue weighted by Crippen LogP contribution is 2.28. The van der Waals surface area contributed by atoms with Crippen LogP contribution in [0.2, 0.25) is 0 Å². The molecule has 1 unspecified atom stereocenters. The molecule has 32 heavy (non-hydrogen) atoms. The van der Waals surface area contributed by atoms with Gasteiger partial charge in [-0.05, 0) is 24.0 Å². The van der Waals surface area contributed by atoms with E-state index in [1.54, 1.807) is 19.1 Å². The lowest BCUT2D eigenvalue weighted by atomic mass is 9.96. The Bertz CT molecular complexity index is 919. The zero-order valence-corrected chi connectivity index (χ0v) is 19.5. The second-order valence-corrected chi connectivity index (χ2v) is 8.62. The zero-order chi connectivity index (χ0) is 24.1. The molecule has 0 fully saturated rings. The molecular weight excluding hydrogens is 441 g/mol. The van der Waals surface area contributed by atoms with Crippen LogP contribution >= 0.6 is 9.24 Å². The number of amides is 1. The average Bonchev–Trinajstić information content (AvgIpc) is 2.72. The summed E-state index contributed by atoms with van der Waals surface area (Å²) in [7, 11) is 2.32. The lowest BCUT2D eigenvalue weighted by molar-refractivity contribution is -0.129. The first-order valence-corrected chi connectivity index (χ1v) is 11.1. The van der Waals surface area contributed by atoms with Crippen LogP contribution in [-0.2, 0) is 34.3 Å². The highest BCUT2D eigenvalue weighted by Gasteiger charge is 2.26. The number of halogens is 4. The maximum absolute atomic E-state index is 13.4. The Morgan fingerprint density at radius 1 is 0.844 bits per heavy atom. The maximum atomic E-state index is 13.4. The van der Waals surface area contributed by atoms with Crippen LogP contribution in [0.1, 0.15) is 43.0 Å². The van der Waals surface area contributed by atoms with Gasteiger partial charge in [0.1, 0.15) is 0 Å². The van der Waals surface area contributed by atoms with Crippen molar-refractivity contribution >= 4 is 20.9 Å².